The Labute approximate surface area is 155 Å². The number of anilines is 1. The van der Waals surface area contributed by atoms with E-state index in [1.165, 1.54) is 12.1 Å². The van der Waals surface area contributed by atoms with E-state index < -0.39 is 6.17 Å². The van der Waals surface area contributed by atoms with Crippen LogP contribution in [0.1, 0.15) is 11.7 Å². The predicted molar refractivity (Wildman–Crippen MR) is 100 cm³/mol. The van der Waals surface area contributed by atoms with E-state index in [4.69, 9.17) is 19.6 Å². The molecule has 0 amide bonds. The van der Waals surface area contributed by atoms with Gasteiger partial charge in [-0.1, -0.05) is 0 Å². The molecule has 0 bridgehead atoms. The minimum Gasteiger partial charge on any atom is -0.497 e. The number of aliphatic imine (C=N–C) groups is 1. The van der Waals surface area contributed by atoms with Gasteiger partial charge in [0.15, 0.2) is 5.84 Å². The van der Waals surface area contributed by atoms with Crippen LogP contribution in [-0.2, 0) is 0 Å². The molecule has 0 saturated heterocycles. The van der Waals surface area contributed by atoms with Gasteiger partial charge in [0, 0.05) is 5.69 Å². The number of amidine groups is 1. The maximum Gasteiger partial charge on any atom is 0.226 e. The number of fused-ring (bicyclic) bond motifs is 1. The second kappa shape index (κ2) is 7.13. The summed E-state index contributed by atoms with van der Waals surface area (Å²) < 4.78 is 29.5. The predicted octanol–water partition coefficient (Wildman–Crippen LogP) is 4.01. The standard InChI is InChI=1S/C20H18FN3O3/c1-25-15-8-4-14(5-9-15)24-18(12-27-16-6-2-13(21)3-7-16)23-20-17(19(24)22)10-11-26-20/h2-11,19H,12,22H2,1H3. The summed E-state index contributed by atoms with van der Waals surface area (Å²) in [4.78, 5) is 6.43. The van der Waals surface area contributed by atoms with Crippen molar-refractivity contribution < 1.29 is 18.3 Å². The molecular formula is C20H18FN3O3. The Morgan fingerprint density at radius 1 is 1.07 bits per heavy atom. The third kappa shape index (κ3) is 3.37. The molecule has 2 aromatic carbocycles. The molecule has 138 valence electrons. The molecule has 4 rings (SSSR count). The van der Waals surface area contributed by atoms with E-state index in [0.29, 0.717) is 17.5 Å². The molecule has 0 radical (unpaired) electrons. The number of hydrogen-bond acceptors (Lipinski definition) is 6. The van der Waals surface area contributed by atoms with Gasteiger partial charge < -0.3 is 24.5 Å². The highest BCUT2D eigenvalue weighted by Crippen LogP contribution is 2.36. The lowest BCUT2D eigenvalue weighted by molar-refractivity contribution is 0.371. The van der Waals surface area contributed by atoms with Crippen LogP contribution in [0.2, 0.25) is 0 Å². The first-order valence-electron chi connectivity index (χ1n) is 8.38. The number of ether oxygens (including phenoxy) is 2. The SMILES string of the molecule is COc1ccc(N2C(COc3ccc(F)cc3)=Nc3occc3C2N)cc1. The number of rotatable bonds is 5. The van der Waals surface area contributed by atoms with Gasteiger partial charge in [-0.25, -0.2) is 4.39 Å². The fourth-order valence-corrected chi connectivity index (χ4v) is 2.93. The van der Waals surface area contributed by atoms with Gasteiger partial charge in [-0.05, 0) is 54.6 Å². The van der Waals surface area contributed by atoms with Gasteiger partial charge in [-0.3, -0.25) is 0 Å². The maximum absolute atomic E-state index is 13.1. The van der Waals surface area contributed by atoms with Gasteiger partial charge in [0.25, 0.3) is 0 Å². The quantitative estimate of drug-likeness (QED) is 0.737. The molecule has 27 heavy (non-hydrogen) atoms. The Hall–Kier alpha value is -3.32. The molecule has 6 nitrogen and oxygen atoms in total. The van der Waals surface area contributed by atoms with Crippen molar-refractivity contribution in [1.82, 2.24) is 0 Å². The summed E-state index contributed by atoms with van der Waals surface area (Å²) in [6.45, 7) is 0.144. The molecule has 1 aliphatic heterocycles. The summed E-state index contributed by atoms with van der Waals surface area (Å²) in [5.41, 5.74) is 8.10. The number of halogens is 1. The van der Waals surface area contributed by atoms with E-state index in [-0.39, 0.29) is 12.4 Å². The Balaban J connectivity index is 1.64. The summed E-state index contributed by atoms with van der Waals surface area (Å²) in [5.74, 6) is 2.01. The summed E-state index contributed by atoms with van der Waals surface area (Å²) >= 11 is 0. The zero-order valence-corrected chi connectivity index (χ0v) is 14.6. The van der Waals surface area contributed by atoms with E-state index in [2.05, 4.69) is 4.99 Å². The van der Waals surface area contributed by atoms with Crippen molar-refractivity contribution >= 4 is 17.4 Å². The molecule has 1 aromatic heterocycles. The van der Waals surface area contributed by atoms with Gasteiger partial charge in [-0.15, -0.1) is 0 Å². The first kappa shape index (κ1) is 17.1. The number of furan rings is 1. The minimum absolute atomic E-state index is 0.144. The monoisotopic (exact) mass is 367 g/mol. The van der Waals surface area contributed by atoms with Crippen molar-refractivity contribution in [1.29, 1.82) is 0 Å². The highest BCUT2D eigenvalue weighted by Gasteiger charge is 2.30. The van der Waals surface area contributed by atoms with Crippen LogP contribution in [0.4, 0.5) is 16.0 Å². The molecule has 0 saturated carbocycles. The third-order valence-electron chi connectivity index (χ3n) is 4.31. The average molecular weight is 367 g/mol. The van der Waals surface area contributed by atoms with E-state index in [1.807, 2.05) is 29.2 Å². The average Bonchev–Trinajstić information content (AvgIpc) is 3.17. The lowest BCUT2D eigenvalue weighted by Crippen LogP contribution is -2.44. The summed E-state index contributed by atoms with van der Waals surface area (Å²) in [6, 6.07) is 15.1. The largest absolute Gasteiger partial charge is 0.497 e. The molecule has 3 aromatic rings. The lowest BCUT2D eigenvalue weighted by Gasteiger charge is -2.34. The summed E-state index contributed by atoms with van der Waals surface area (Å²) in [6.07, 6.45) is 1.08. The smallest absolute Gasteiger partial charge is 0.226 e. The second-order valence-electron chi connectivity index (χ2n) is 5.96. The van der Waals surface area contributed by atoms with E-state index >= 15 is 0 Å². The Morgan fingerprint density at radius 3 is 2.48 bits per heavy atom. The molecule has 7 heteroatoms. The number of nitrogens with two attached hydrogens (primary N) is 1. The van der Waals surface area contributed by atoms with Crippen LogP contribution in [0.5, 0.6) is 11.5 Å². The fourth-order valence-electron chi connectivity index (χ4n) is 2.93. The van der Waals surface area contributed by atoms with E-state index in [0.717, 1.165) is 17.0 Å². The fraction of sp³-hybridized carbons (Fsp3) is 0.150. The Bertz CT molecular complexity index is 951. The lowest BCUT2D eigenvalue weighted by atomic mass is 10.1. The normalized spacial score (nSPS) is 15.9. The van der Waals surface area contributed by atoms with Crippen molar-refractivity contribution in [3.8, 4) is 11.5 Å². The maximum atomic E-state index is 13.1. The van der Waals surface area contributed by atoms with Crippen molar-refractivity contribution in [3.63, 3.8) is 0 Å². The van der Waals surface area contributed by atoms with Crippen LogP contribution in [0.25, 0.3) is 0 Å². The zero-order valence-electron chi connectivity index (χ0n) is 14.6. The first-order chi connectivity index (χ1) is 13.2. The molecule has 1 aliphatic rings. The van der Waals surface area contributed by atoms with Crippen molar-refractivity contribution in [3.05, 3.63) is 72.2 Å². The van der Waals surface area contributed by atoms with Crippen LogP contribution in [-0.4, -0.2) is 19.6 Å². The number of nitrogens with zero attached hydrogens (tertiary/aromatic N) is 2. The van der Waals surface area contributed by atoms with Gasteiger partial charge in [0.1, 0.15) is 30.1 Å². The zero-order chi connectivity index (χ0) is 18.8. The molecular weight excluding hydrogens is 349 g/mol. The molecule has 2 heterocycles. The van der Waals surface area contributed by atoms with E-state index in [1.54, 1.807) is 31.6 Å². The molecule has 1 unspecified atom stereocenters. The van der Waals surface area contributed by atoms with Gasteiger partial charge in [-0.2, -0.15) is 4.99 Å². The van der Waals surface area contributed by atoms with Crippen LogP contribution in [0.15, 0.2) is 70.3 Å². The van der Waals surface area contributed by atoms with E-state index in [9.17, 15) is 4.39 Å². The van der Waals surface area contributed by atoms with Crippen LogP contribution in [0, 0.1) is 5.82 Å². The molecule has 0 spiro atoms. The van der Waals surface area contributed by atoms with Crippen LogP contribution >= 0.6 is 0 Å². The first-order valence-corrected chi connectivity index (χ1v) is 8.38. The second-order valence-corrected chi connectivity index (χ2v) is 5.96. The van der Waals surface area contributed by atoms with Crippen molar-refractivity contribution in [2.24, 2.45) is 10.7 Å². The molecule has 1 atom stereocenters. The third-order valence-corrected chi connectivity index (χ3v) is 4.31. The highest BCUT2D eigenvalue weighted by atomic mass is 19.1. The number of hydrogen-bond donors (Lipinski definition) is 1. The number of benzene rings is 2. The number of methoxy groups -OCH3 is 1. The Kier molecular flexibility index (Phi) is 4.52. The molecule has 0 fully saturated rings. The van der Waals surface area contributed by atoms with Crippen molar-refractivity contribution in [2.75, 3.05) is 18.6 Å². The topological polar surface area (TPSA) is 73.2 Å². The Morgan fingerprint density at radius 2 is 1.78 bits per heavy atom. The van der Waals surface area contributed by atoms with Crippen molar-refractivity contribution in [2.45, 2.75) is 6.17 Å². The summed E-state index contributed by atoms with van der Waals surface area (Å²) in [5, 5.41) is 0. The molecule has 0 aliphatic carbocycles. The summed E-state index contributed by atoms with van der Waals surface area (Å²) in [7, 11) is 1.61. The van der Waals surface area contributed by atoms with Gasteiger partial charge in [0.2, 0.25) is 5.88 Å². The highest BCUT2D eigenvalue weighted by molar-refractivity contribution is 6.02. The van der Waals surface area contributed by atoms with Crippen LogP contribution < -0.4 is 20.1 Å². The van der Waals surface area contributed by atoms with Gasteiger partial charge in [0.05, 0.1) is 18.9 Å². The van der Waals surface area contributed by atoms with Gasteiger partial charge >= 0.3 is 0 Å². The van der Waals surface area contributed by atoms with Crippen LogP contribution in [0.3, 0.4) is 0 Å². The molecule has 2 N–H and O–H groups in total. The minimum atomic E-state index is -0.475.